The summed E-state index contributed by atoms with van der Waals surface area (Å²) in [5, 5.41) is 2.82. The number of para-hydroxylation sites is 1. The number of rotatable bonds is 5. The molecule has 1 atom stereocenters. The number of allylic oxidation sites excluding steroid dienone is 2. The van der Waals surface area contributed by atoms with Crippen molar-refractivity contribution in [3.05, 3.63) is 62.8 Å². The van der Waals surface area contributed by atoms with E-state index in [1.54, 1.807) is 13.1 Å². The Morgan fingerprint density at radius 1 is 1.19 bits per heavy atom. The molecule has 3 aromatic rings. The fraction of sp³-hybridized carbons (Fsp3) is 0.400. The van der Waals surface area contributed by atoms with Crippen LogP contribution in [0, 0.1) is 0 Å². The molecule has 1 fully saturated rings. The van der Waals surface area contributed by atoms with Crippen LogP contribution in [-0.2, 0) is 24.9 Å². The van der Waals surface area contributed by atoms with E-state index >= 15 is 0 Å². The molecule has 188 valence electrons. The van der Waals surface area contributed by atoms with Crippen LogP contribution in [-0.4, -0.2) is 56.0 Å². The van der Waals surface area contributed by atoms with Gasteiger partial charge in [-0.25, -0.2) is 4.79 Å². The molecular weight excluding hydrogens is 460 g/mol. The molecule has 2 aliphatic heterocycles. The van der Waals surface area contributed by atoms with Gasteiger partial charge in [-0.05, 0) is 25.8 Å². The molecule has 11 nitrogen and oxygen atoms in total. The van der Waals surface area contributed by atoms with Gasteiger partial charge in [-0.1, -0.05) is 30.4 Å². The zero-order valence-corrected chi connectivity index (χ0v) is 20.5. The third-order valence-electron chi connectivity index (χ3n) is 6.71. The lowest BCUT2D eigenvalue weighted by molar-refractivity contribution is -0.114. The number of aliphatic imine (C=N–C) groups is 1. The van der Waals surface area contributed by atoms with Gasteiger partial charge in [0.05, 0.1) is 12.3 Å². The first-order valence-corrected chi connectivity index (χ1v) is 12.1. The molecule has 2 aromatic heterocycles. The summed E-state index contributed by atoms with van der Waals surface area (Å²) >= 11 is 0. The lowest BCUT2D eigenvalue weighted by atomic mass is 10.1. The Morgan fingerprint density at radius 3 is 2.78 bits per heavy atom. The van der Waals surface area contributed by atoms with Gasteiger partial charge in [0.15, 0.2) is 11.2 Å². The van der Waals surface area contributed by atoms with Crippen LogP contribution in [0.3, 0.4) is 0 Å². The van der Waals surface area contributed by atoms with Crippen LogP contribution in [0.15, 0.2) is 51.0 Å². The van der Waals surface area contributed by atoms with E-state index in [1.807, 2.05) is 41.8 Å². The lowest BCUT2D eigenvalue weighted by Crippen LogP contribution is -2.44. The maximum Gasteiger partial charge on any atom is 0.332 e. The van der Waals surface area contributed by atoms with Gasteiger partial charge in [0.1, 0.15) is 6.54 Å². The van der Waals surface area contributed by atoms with Crippen molar-refractivity contribution < 1.29 is 4.79 Å². The number of hydrogen-bond acceptors (Lipinski definition) is 7. The van der Waals surface area contributed by atoms with Crippen LogP contribution in [0.4, 0.5) is 11.6 Å². The summed E-state index contributed by atoms with van der Waals surface area (Å²) in [5.41, 5.74) is 7.75. The van der Waals surface area contributed by atoms with Crippen molar-refractivity contribution in [2.45, 2.75) is 38.9 Å². The van der Waals surface area contributed by atoms with Crippen LogP contribution in [0.25, 0.3) is 11.2 Å². The number of carbonyl (C=O) groups excluding carboxylic acids is 1. The van der Waals surface area contributed by atoms with E-state index in [0.29, 0.717) is 47.2 Å². The van der Waals surface area contributed by atoms with Gasteiger partial charge in [-0.3, -0.25) is 23.7 Å². The molecule has 1 amide bonds. The van der Waals surface area contributed by atoms with E-state index in [0.717, 1.165) is 19.4 Å². The molecule has 1 aromatic carbocycles. The minimum absolute atomic E-state index is 0.0267. The third kappa shape index (κ3) is 4.15. The van der Waals surface area contributed by atoms with E-state index in [9.17, 15) is 14.4 Å². The van der Waals surface area contributed by atoms with Crippen LogP contribution in [0.2, 0.25) is 0 Å². The first-order valence-electron chi connectivity index (χ1n) is 12.1. The molecule has 4 heterocycles. The highest BCUT2D eigenvalue weighted by molar-refractivity contribution is 6.10. The van der Waals surface area contributed by atoms with Crippen molar-refractivity contribution in [2.75, 3.05) is 29.9 Å². The van der Waals surface area contributed by atoms with Gasteiger partial charge in [-0.2, -0.15) is 4.98 Å². The zero-order valence-electron chi connectivity index (χ0n) is 20.5. The number of anilines is 2. The largest absolute Gasteiger partial charge is 0.341 e. The SMILES string of the molecule is C/C=C/Cn1c(N2CCCC(N)C2)nc2c1c(=O)n(CC1=NCC(=O)Nc3ccccc31)c(=O)n2C. The van der Waals surface area contributed by atoms with E-state index in [-0.39, 0.29) is 25.0 Å². The second-order valence-corrected chi connectivity index (χ2v) is 9.20. The average molecular weight is 491 g/mol. The quantitative estimate of drug-likeness (QED) is 0.510. The predicted octanol–water partition coefficient (Wildman–Crippen LogP) is 0.842. The minimum Gasteiger partial charge on any atom is -0.341 e. The van der Waals surface area contributed by atoms with Gasteiger partial charge in [0.2, 0.25) is 11.9 Å². The highest BCUT2D eigenvalue weighted by atomic mass is 16.2. The van der Waals surface area contributed by atoms with Crippen molar-refractivity contribution in [3.63, 3.8) is 0 Å². The summed E-state index contributed by atoms with van der Waals surface area (Å²) in [4.78, 5) is 50.7. The number of benzene rings is 1. The first-order chi connectivity index (χ1) is 17.4. The Kier molecular flexibility index (Phi) is 6.31. The van der Waals surface area contributed by atoms with Gasteiger partial charge in [0.25, 0.3) is 5.56 Å². The number of fused-ring (bicyclic) bond motifs is 2. The van der Waals surface area contributed by atoms with E-state index < -0.39 is 11.2 Å². The molecule has 2 aliphatic rings. The Bertz CT molecular complexity index is 1510. The van der Waals surface area contributed by atoms with Crippen LogP contribution in [0.5, 0.6) is 0 Å². The summed E-state index contributed by atoms with van der Waals surface area (Å²) in [6.07, 6.45) is 5.74. The number of amides is 1. The number of piperidine rings is 1. The molecule has 0 aliphatic carbocycles. The number of aryl methyl sites for hydroxylation is 1. The van der Waals surface area contributed by atoms with Crippen molar-refractivity contribution in [1.29, 1.82) is 0 Å². The van der Waals surface area contributed by atoms with Gasteiger partial charge >= 0.3 is 5.69 Å². The summed E-state index contributed by atoms with van der Waals surface area (Å²) in [6.45, 7) is 3.62. The van der Waals surface area contributed by atoms with E-state index in [2.05, 4.69) is 15.2 Å². The molecule has 0 bridgehead atoms. The number of carbonyl (C=O) groups is 1. The number of hydrogen-bond donors (Lipinski definition) is 2. The highest BCUT2D eigenvalue weighted by Gasteiger charge is 2.27. The predicted molar refractivity (Wildman–Crippen MR) is 140 cm³/mol. The number of nitrogens with one attached hydrogen (secondary N) is 1. The molecule has 5 rings (SSSR count). The van der Waals surface area contributed by atoms with Crippen molar-refractivity contribution >= 4 is 34.4 Å². The molecule has 1 saturated heterocycles. The molecule has 36 heavy (non-hydrogen) atoms. The Balaban J connectivity index is 1.68. The highest BCUT2D eigenvalue weighted by Crippen LogP contribution is 2.23. The zero-order chi connectivity index (χ0) is 25.4. The van der Waals surface area contributed by atoms with Gasteiger partial charge < -0.3 is 20.5 Å². The number of imidazole rings is 1. The topological polar surface area (TPSA) is 133 Å². The van der Waals surface area contributed by atoms with Gasteiger partial charge in [0, 0.05) is 44.0 Å². The summed E-state index contributed by atoms with van der Waals surface area (Å²) in [7, 11) is 1.62. The standard InChI is InChI=1S/C25H30N8O3/c1-3-4-12-32-21-22(29-24(32)31-11-7-8-16(26)14-31)30(2)25(36)33(23(21)35)15-19-17-9-5-6-10-18(17)28-20(34)13-27-19/h3-6,9-10,16H,7-8,11-15,26H2,1-2H3,(H,28,34)/b4-3+. The van der Waals surface area contributed by atoms with E-state index in [4.69, 9.17) is 10.7 Å². The maximum absolute atomic E-state index is 13.9. The Hall–Kier alpha value is -3.99. The van der Waals surface area contributed by atoms with Crippen molar-refractivity contribution in [3.8, 4) is 0 Å². The van der Waals surface area contributed by atoms with Crippen LogP contribution in [0.1, 0.15) is 25.3 Å². The maximum atomic E-state index is 13.9. The van der Waals surface area contributed by atoms with E-state index in [1.165, 1.54) is 9.13 Å². The molecule has 11 heteroatoms. The molecule has 0 saturated carbocycles. The summed E-state index contributed by atoms with van der Waals surface area (Å²) in [5.74, 6) is 0.386. The van der Waals surface area contributed by atoms with Gasteiger partial charge in [-0.15, -0.1) is 0 Å². The fourth-order valence-corrected chi connectivity index (χ4v) is 4.89. The molecule has 0 radical (unpaired) electrons. The van der Waals surface area contributed by atoms with Crippen LogP contribution >= 0.6 is 0 Å². The number of nitrogens with zero attached hydrogens (tertiary/aromatic N) is 6. The number of benzodiazepines with no additional fused rings is 1. The fourth-order valence-electron chi connectivity index (χ4n) is 4.89. The minimum atomic E-state index is -0.492. The second-order valence-electron chi connectivity index (χ2n) is 9.20. The number of nitrogens with two attached hydrogens (primary N) is 1. The number of aromatic nitrogens is 4. The Labute approximate surface area is 207 Å². The van der Waals surface area contributed by atoms with Crippen LogP contribution < -0.4 is 27.2 Å². The first kappa shape index (κ1) is 23.7. The summed E-state index contributed by atoms with van der Waals surface area (Å²) in [6, 6.07) is 7.27. The molecule has 3 N–H and O–H groups in total. The molecular formula is C25H30N8O3. The normalized spacial score (nSPS) is 18.3. The monoisotopic (exact) mass is 490 g/mol. The smallest absolute Gasteiger partial charge is 0.332 e. The Morgan fingerprint density at radius 2 is 2.00 bits per heavy atom. The molecule has 1 unspecified atom stereocenters. The summed E-state index contributed by atoms with van der Waals surface area (Å²) < 4.78 is 4.44. The molecule has 0 spiro atoms. The average Bonchev–Trinajstić information content (AvgIpc) is 3.18. The second kappa shape index (κ2) is 9.57. The van der Waals surface area contributed by atoms with Crippen molar-refractivity contribution in [2.24, 2.45) is 17.8 Å². The van der Waals surface area contributed by atoms with Crippen molar-refractivity contribution in [1.82, 2.24) is 18.7 Å². The third-order valence-corrected chi connectivity index (χ3v) is 6.71. The lowest BCUT2D eigenvalue weighted by Gasteiger charge is -2.31.